The highest BCUT2D eigenvalue weighted by molar-refractivity contribution is 6.09. The number of halogens is 2. The quantitative estimate of drug-likeness (QED) is 0.521. The van der Waals surface area contributed by atoms with Crippen LogP contribution in [0.1, 0.15) is 30.0 Å². The molecule has 0 saturated carbocycles. The molecule has 1 unspecified atom stereocenters. The van der Waals surface area contributed by atoms with Crippen LogP contribution in [0, 0.1) is 17.6 Å². The van der Waals surface area contributed by atoms with Crippen molar-refractivity contribution >= 4 is 11.7 Å². The van der Waals surface area contributed by atoms with Gasteiger partial charge in [0.1, 0.15) is 17.5 Å². The largest absolute Gasteiger partial charge is 0.299 e. The summed E-state index contributed by atoms with van der Waals surface area (Å²) in [5, 5.41) is 0. The van der Waals surface area contributed by atoms with Crippen molar-refractivity contribution in [2.75, 3.05) is 19.6 Å². The van der Waals surface area contributed by atoms with E-state index >= 15 is 0 Å². The highest BCUT2D eigenvalue weighted by atomic mass is 19.1. The summed E-state index contributed by atoms with van der Waals surface area (Å²) in [6.07, 6.45) is 1.00. The minimum atomic E-state index is -1.34. The zero-order chi connectivity index (χ0) is 23.7. The number of aliphatic imine (C=N–C) groups is 1. The molecule has 0 aliphatic carbocycles. The number of amidine groups is 1. The summed E-state index contributed by atoms with van der Waals surface area (Å²) in [6, 6.07) is 22.1. The number of nitrogens with zero attached hydrogens (tertiary/aromatic N) is 3. The van der Waals surface area contributed by atoms with Gasteiger partial charge in [-0.25, -0.2) is 13.8 Å². The molecule has 2 heterocycles. The first-order valence-electron chi connectivity index (χ1n) is 11.6. The topological polar surface area (TPSA) is 35.9 Å². The molecule has 0 radical (unpaired) electrons. The second kappa shape index (κ2) is 9.11. The molecule has 0 bridgehead atoms. The van der Waals surface area contributed by atoms with E-state index < -0.39 is 5.54 Å². The molecule has 174 valence electrons. The van der Waals surface area contributed by atoms with Gasteiger partial charge >= 0.3 is 0 Å². The molecule has 5 rings (SSSR count). The van der Waals surface area contributed by atoms with E-state index in [1.807, 2.05) is 13.0 Å². The molecule has 4 nitrogen and oxygen atoms in total. The number of amides is 1. The van der Waals surface area contributed by atoms with Crippen molar-refractivity contribution in [1.29, 1.82) is 0 Å². The van der Waals surface area contributed by atoms with E-state index in [9.17, 15) is 13.6 Å². The maximum absolute atomic E-state index is 14.0. The Morgan fingerprint density at radius 2 is 1.50 bits per heavy atom. The molecule has 3 aromatic carbocycles. The highest BCUT2D eigenvalue weighted by Gasteiger charge is 2.50. The van der Waals surface area contributed by atoms with Gasteiger partial charge in [0.05, 0.1) is 0 Å². The summed E-state index contributed by atoms with van der Waals surface area (Å²) in [5.74, 6) is 0.0101. The molecular weight excluding hydrogens is 432 g/mol. The summed E-state index contributed by atoms with van der Waals surface area (Å²) in [7, 11) is 0. The van der Waals surface area contributed by atoms with Crippen molar-refractivity contribution in [3.63, 3.8) is 0 Å². The third kappa shape index (κ3) is 4.14. The first-order chi connectivity index (χ1) is 16.5. The minimum Gasteiger partial charge on any atom is -0.299 e. The predicted molar refractivity (Wildman–Crippen MR) is 128 cm³/mol. The standard InChI is InChI=1S/C28H27F2N3O/c1-20-31-28(23-7-11-25(29)12-8-23,24-9-13-26(30)14-10-24)27(34)33(20)19-22-15-16-32(18-22)17-21-5-3-2-4-6-21/h2-14,22H,15-19H2,1H3. The van der Waals surface area contributed by atoms with E-state index in [0.29, 0.717) is 29.4 Å². The third-order valence-electron chi connectivity index (χ3n) is 6.86. The van der Waals surface area contributed by atoms with Crippen LogP contribution >= 0.6 is 0 Å². The van der Waals surface area contributed by atoms with Crippen molar-refractivity contribution in [3.05, 3.63) is 107 Å². The zero-order valence-corrected chi connectivity index (χ0v) is 19.1. The second-order valence-electron chi connectivity index (χ2n) is 9.17. The van der Waals surface area contributed by atoms with E-state index in [0.717, 1.165) is 26.1 Å². The van der Waals surface area contributed by atoms with Crippen LogP contribution in [0.4, 0.5) is 8.78 Å². The van der Waals surface area contributed by atoms with Crippen LogP contribution in [0.2, 0.25) is 0 Å². The van der Waals surface area contributed by atoms with Crippen LogP contribution < -0.4 is 0 Å². The van der Waals surface area contributed by atoms with Crippen molar-refractivity contribution in [3.8, 4) is 0 Å². The molecule has 34 heavy (non-hydrogen) atoms. The van der Waals surface area contributed by atoms with Crippen LogP contribution in [0.3, 0.4) is 0 Å². The Balaban J connectivity index is 1.39. The van der Waals surface area contributed by atoms with Gasteiger partial charge < -0.3 is 0 Å². The highest BCUT2D eigenvalue weighted by Crippen LogP contribution is 2.41. The first-order valence-corrected chi connectivity index (χ1v) is 11.6. The fourth-order valence-electron chi connectivity index (χ4n) is 5.14. The maximum atomic E-state index is 14.0. The lowest BCUT2D eigenvalue weighted by molar-refractivity contribution is -0.130. The van der Waals surface area contributed by atoms with Crippen LogP contribution in [-0.4, -0.2) is 41.2 Å². The second-order valence-corrected chi connectivity index (χ2v) is 9.17. The Morgan fingerprint density at radius 1 is 0.912 bits per heavy atom. The lowest BCUT2D eigenvalue weighted by atomic mass is 9.82. The van der Waals surface area contributed by atoms with Gasteiger partial charge in [0.25, 0.3) is 5.91 Å². The zero-order valence-electron chi connectivity index (χ0n) is 19.1. The summed E-state index contributed by atoms with van der Waals surface area (Å²) in [6.45, 7) is 5.20. The molecule has 1 fully saturated rings. The monoisotopic (exact) mass is 459 g/mol. The van der Waals surface area contributed by atoms with Crippen LogP contribution in [-0.2, 0) is 16.9 Å². The Kier molecular flexibility index (Phi) is 6.00. The van der Waals surface area contributed by atoms with Crippen molar-refractivity contribution in [1.82, 2.24) is 9.80 Å². The molecule has 1 atom stereocenters. The van der Waals surface area contributed by atoms with Crippen molar-refractivity contribution < 1.29 is 13.6 Å². The molecule has 6 heteroatoms. The van der Waals surface area contributed by atoms with E-state index in [-0.39, 0.29) is 17.5 Å². The Hall–Kier alpha value is -3.38. The molecule has 1 saturated heterocycles. The summed E-state index contributed by atoms with van der Waals surface area (Å²) >= 11 is 0. The molecule has 0 N–H and O–H groups in total. The van der Waals surface area contributed by atoms with Gasteiger partial charge in [-0.1, -0.05) is 54.6 Å². The summed E-state index contributed by atoms with van der Waals surface area (Å²) in [5.41, 5.74) is 1.09. The lowest BCUT2D eigenvalue weighted by Crippen LogP contribution is -2.43. The maximum Gasteiger partial charge on any atom is 0.265 e. The fourth-order valence-corrected chi connectivity index (χ4v) is 5.14. The molecule has 1 amide bonds. The van der Waals surface area contributed by atoms with E-state index in [4.69, 9.17) is 4.99 Å². The number of rotatable bonds is 6. The van der Waals surface area contributed by atoms with Gasteiger partial charge in [-0.2, -0.15) is 0 Å². The van der Waals surface area contributed by atoms with Crippen LogP contribution in [0.5, 0.6) is 0 Å². The number of likely N-dealkylation sites (tertiary alicyclic amines) is 1. The Bertz CT molecular complexity index is 1150. The fraction of sp³-hybridized carbons (Fsp3) is 0.286. The number of hydrogen-bond acceptors (Lipinski definition) is 3. The normalized spacial score (nSPS) is 20.1. The number of benzene rings is 3. The molecule has 2 aliphatic rings. The van der Waals surface area contributed by atoms with Crippen molar-refractivity contribution in [2.45, 2.75) is 25.4 Å². The minimum absolute atomic E-state index is 0.176. The van der Waals surface area contributed by atoms with Gasteiger partial charge in [0, 0.05) is 19.6 Å². The predicted octanol–water partition coefficient (Wildman–Crippen LogP) is 4.99. The van der Waals surface area contributed by atoms with E-state index in [2.05, 4.69) is 29.2 Å². The number of carbonyl (C=O) groups excluding carboxylic acids is 1. The van der Waals surface area contributed by atoms with Gasteiger partial charge in [0.2, 0.25) is 0 Å². The molecule has 0 spiro atoms. The van der Waals surface area contributed by atoms with Crippen molar-refractivity contribution in [2.24, 2.45) is 10.9 Å². The molecule has 2 aliphatic heterocycles. The third-order valence-corrected chi connectivity index (χ3v) is 6.86. The molecule has 0 aromatic heterocycles. The van der Waals surface area contributed by atoms with E-state index in [1.54, 1.807) is 29.2 Å². The lowest BCUT2D eigenvalue weighted by Gasteiger charge is -2.28. The van der Waals surface area contributed by atoms with Crippen LogP contribution in [0.25, 0.3) is 0 Å². The molecule has 3 aromatic rings. The van der Waals surface area contributed by atoms with Gasteiger partial charge in [-0.05, 0) is 66.8 Å². The average molecular weight is 460 g/mol. The summed E-state index contributed by atoms with van der Waals surface area (Å²) < 4.78 is 27.4. The average Bonchev–Trinajstić information content (AvgIpc) is 3.38. The van der Waals surface area contributed by atoms with Gasteiger partial charge in [-0.3, -0.25) is 14.6 Å². The van der Waals surface area contributed by atoms with Gasteiger partial charge in [0.15, 0.2) is 5.54 Å². The molecular formula is C28H27F2N3O. The first kappa shape index (κ1) is 22.4. The van der Waals surface area contributed by atoms with Gasteiger partial charge in [-0.15, -0.1) is 0 Å². The Morgan fingerprint density at radius 3 is 2.09 bits per heavy atom. The Labute approximate surface area is 198 Å². The SMILES string of the molecule is CC1=NC(c2ccc(F)cc2)(c2ccc(F)cc2)C(=O)N1CC1CCN(Cc2ccccc2)C1. The number of hydrogen-bond donors (Lipinski definition) is 0. The van der Waals surface area contributed by atoms with E-state index in [1.165, 1.54) is 29.8 Å². The van der Waals surface area contributed by atoms with Crippen LogP contribution in [0.15, 0.2) is 83.9 Å². The summed E-state index contributed by atoms with van der Waals surface area (Å²) in [4.78, 5) is 23.0. The smallest absolute Gasteiger partial charge is 0.265 e. The number of carbonyl (C=O) groups is 1.